The van der Waals surface area contributed by atoms with Gasteiger partial charge in [-0.3, -0.25) is 38.8 Å². The molecule has 4 aromatic rings. The minimum Gasteiger partial charge on any atom is -0.410 e. The van der Waals surface area contributed by atoms with E-state index in [1.807, 2.05) is 0 Å². The fraction of sp³-hybridized carbons (Fsp3) is 0.286. The van der Waals surface area contributed by atoms with E-state index in [2.05, 4.69) is 40.8 Å². The van der Waals surface area contributed by atoms with Gasteiger partial charge in [-0.2, -0.15) is 10.2 Å². The molecule has 0 aliphatic carbocycles. The molecule has 0 aromatic carbocycles. The molecular weight excluding hydrogens is 500 g/mol. The highest BCUT2D eigenvalue weighted by Gasteiger charge is 2.27. The predicted molar refractivity (Wildman–Crippen MR) is 116 cm³/mol. The predicted octanol–water partition coefficient (Wildman–Crippen LogP) is 0.706. The van der Waals surface area contributed by atoms with Gasteiger partial charge in [0.15, 0.2) is 0 Å². The van der Waals surface area contributed by atoms with Gasteiger partial charge >= 0.3 is 23.2 Å². The number of H-pyrrole nitrogens is 2. The quantitative estimate of drug-likeness (QED) is 0.273. The van der Waals surface area contributed by atoms with Gasteiger partial charge in [0.05, 0.1) is 9.85 Å². The van der Waals surface area contributed by atoms with Crippen molar-refractivity contribution >= 4 is 33.0 Å². The van der Waals surface area contributed by atoms with Crippen molar-refractivity contribution < 1.29 is 27.1 Å². The maximum Gasteiger partial charge on any atom is 0.319 e. The molecule has 0 spiro atoms. The van der Waals surface area contributed by atoms with Crippen LogP contribution in [0.15, 0.2) is 21.2 Å². The summed E-state index contributed by atoms with van der Waals surface area (Å²) < 4.78 is 29.6. The summed E-state index contributed by atoms with van der Waals surface area (Å²) in [6.07, 6.45) is 8.53. The molecule has 20 heteroatoms. The fourth-order valence-corrected chi connectivity index (χ4v) is 1.97. The minimum absolute atomic E-state index is 0.0994. The van der Waals surface area contributed by atoms with Crippen LogP contribution in [-0.2, 0) is 21.6 Å². The molecule has 0 fully saturated rings. The van der Waals surface area contributed by atoms with Crippen molar-refractivity contribution in [3.8, 4) is 35.0 Å². The van der Waals surface area contributed by atoms with E-state index in [9.17, 15) is 28.6 Å². The SMILES string of the molecule is CS(C)=O.CS(C)=O.O=[N+]([O-])c1cn[nH]c1-c1nnc(-c2nnc(-c3[nH]ncc3[N+](=O)[O-])o2)o1. The topological polar surface area (TPSA) is 256 Å². The van der Waals surface area contributed by atoms with Gasteiger partial charge in [0.25, 0.3) is 11.8 Å². The van der Waals surface area contributed by atoms with E-state index in [1.165, 1.54) is 0 Å². The van der Waals surface area contributed by atoms with Gasteiger partial charge in [-0.15, -0.1) is 20.4 Å². The Morgan fingerprint density at radius 3 is 1.29 bits per heavy atom. The van der Waals surface area contributed by atoms with E-state index in [1.54, 1.807) is 25.0 Å². The maximum atomic E-state index is 10.9. The zero-order valence-corrected chi connectivity index (χ0v) is 19.4. The molecule has 0 amide bonds. The number of aromatic amines is 2. The van der Waals surface area contributed by atoms with Crippen LogP contribution in [0.2, 0.25) is 0 Å². The summed E-state index contributed by atoms with van der Waals surface area (Å²) >= 11 is 0. The molecule has 0 unspecified atom stereocenters. The van der Waals surface area contributed by atoms with Gasteiger partial charge in [-0.1, -0.05) is 0 Å². The summed E-state index contributed by atoms with van der Waals surface area (Å²) in [6.45, 7) is 0. The van der Waals surface area contributed by atoms with Crippen LogP contribution in [0.25, 0.3) is 35.0 Å². The van der Waals surface area contributed by atoms with Crippen molar-refractivity contribution in [2.24, 2.45) is 0 Å². The average molecular weight is 516 g/mol. The summed E-state index contributed by atoms with van der Waals surface area (Å²) in [7, 11) is -1.22. The summed E-state index contributed by atoms with van der Waals surface area (Å²) in [6, 6.07) is 0. The second-order valence-electron chi connectivity index (χ2n) is 6.08. The molecule has 4 heterocycles. The summed E-state index contributed by atoms with van der Waals surface area (Å²) in [5.74, 6) is -0.942. The molecule has 0 saturated heterocycles. The summed E-state index contributed by atoms with van der Waals surface area (Å²) in [4.78, 5) is 20.5. The zero-order valence-electron chi connectivity index (χ0n) is 17.8. The molecule has 4 aromatic heterocycles. The summed E-state index contributed by atoms with van der Waals surface area (Å²) in [5.41, 5.74) is -0.922. The number of nitrogens with one attached hydrogen (secondary N) is 2. The fourth-order valence-electron chi connectivity index (χ4n) is 1.97. The second kappa shape index (κ2) is 11.6. The lowest BCUT2D eigenvalue weighted by atomic mass is 10.4. The lowest BCUT2D eigenvalue weighted by Crippen LogP contribution is -1.89. The van der Waals surface area contributed by atoms with Crippen molar-refractivity contribution in [3.63, 3.8) is 0 Å². The maximum absolute atomic E-state index is 10.9. The molecular formula is C14H16N10O8S2. The third kappa shape index (κ3) is 6.90. The highest BCUT2D eigenvalue weighted by Crippen LogP contribution is 2.31. The van der Waals surface area contributed by atoms with Crippen LogP contribution in [0, 0.1) is 20.2 Å². The Morgan fingerprint density at radius 1 is 0.706 bits per heavy atom. The normalized spacial score (nSPS) is 10.4. The Kier molecular flexibility index (Phi) is 8.89. The van der Waals surface area contributed by atoms with Crippen LogP contribution in [0.3, 0.4) is 0 Å². The molecule has 0 atom stereocenters. The first-order valence-corrected chi connectivity index (χ1v) is 12.5. The van der Waals surface area contributed by atoms with E-state index in [0.717, 1.165) is 12.4 Å². The third-order valence-electron chi connectivity index (χ3n) is 3.09. The molecule has 0 saturated carbocycles. The van der Waals surface area contributed by atoms with Crippen LogP contribution in [0.1, 0.15) is 0 Å². The average Bonchev–Trinajstić information content (AvgIpc) is 3.53. The largest absolute Gasteiger partial charge is 0.410 e. The molecule has 182 valence electrons. The number of nitro groups is 2. The monoisotopic (exact) mass is 516 g/mol. The van der Waals surface area contributed by atoms with Gasteiger partial charge in [0, 0.05) is 46.6 Å². The van der Waals surface area contributed by atoms with Crippen LogP contribution in [0.4, 0.5) is 11.4 Å². The Labute approximate surface area is 193 Å². The Bertz CT molecular complexity index is 1220. The van der Waals surface area contributed by atoms with Gasteiger partial charge in [0.1, 0.15) is 12.4 Å². The standard InChI is InChI=1S/C10H4N10O6.2C2H6OS/c21-19(22)3-1-11-13-5(3)7-15-17-9(25-7)10-18-16-8(26-10)6-4(20(23)24)2-12-14-6;2*1-4(2)3/h1-2H,(H,11,13)(H,12,14);2*1-2H3. The van der Waals surface area contributed by atoms with Gasteiger partial charge in [-0.05, 0) is 0 Å². The Hall–Kier alpha value is -4.20. The van der Waals surface area contributed by atoms with E-state index in [0.29, 0.717) is 0 Å². The second-order valence-corrected chi connectivity index (χ2v) is 9.05. The number of nitrogens with zero attached hydrogens (tertiary/aromatic N) is 8. The van der Waals surface area contributed by atoms with Crippen molar-refractivity contribution in [1.82, 2.24) is 40.8 Å². The Morgan fingerprint density at radius 2 is 1.00 bits per heavy atom. The number of hydrogen-bond acceptors (Lipinski definition) is 14. The molecule has 18 nitrogen and oxygen atoms in total. The van der Waals surface area contributed by atoms with Gasteiger partial charge in [0.2, 0.25) is 11.4 Å². The first-order valence-electron chi connectivity index (χ1n) is 8.55. The molecule has 4 rings (SSSR count). The van der Waals surface area contributed by atoms with E-state index in [-0.39, 0.29) is 46.3 Å². The minimum atomic E-state index is -0.676. The van der Waals surface area contributed by atoms with E-state index >= 15 is 0 Å². The number of rotatable bonds is 5. The molecule has 0 aliphatic heterocycles. The van der Waals surface area contributed by atoms with Crippen molar-refractivity contribution in [1.29, 1.82) is 0 Å². The summed E-state index contributed by atoms with van der Waals surface area (Å²) in [5, 5.41) is 48.2. The molecule has 0 aliphatic rings. The van der Waals surface area contributed by atoms with Crippen molar-refractivity contribution in [2.75, 3.05) is 25.0 Å². The van der Waals surface area contributed by atoms with Gasteiger partial charge < -0.3 is 8.83 Å². The first-order chi connectivity index (χ1) is 16.0. The smallest absolute Gasteiger partial charge is 0.319 e. The van der Waals surface area contributed by atoms with Crippen LogP contribution < -0.4 is 0 Å². The number of hydrogen-bond donors (Lipinski definition) is 2. The van der Waals surface area contributed by atoms with Crippen molar-refractivity contribution in [2.45, 2.75) is 0 Å². The van der Waals surface area contributed by atoms with E-state index < -0.39 is 31.4 Å². The van der Waals surface area contributed by atoms with Gasteiger partial charge in [-0.25, -0.2) is 0 Å². The van der Waals surface area contributed by atoms with Crippen LogP contribution >= 0.6 is 0 Å². The Balaban J connectivity index is 0.000000446. The van der Waals surface area contributed by atoms with Crippen molar-refractivity contribution in [3.05, 3.63) is 32.6 Å². The highest BCUT2D eigenvalue weighted by atomic mass is 32.2. The number of aromatic nitrogens is 8. The molecule has 0 bridgehead atoms. The third-order valence-corrected chi connectivity index (χ3v) is 3.09. The van der Waals surface area contributed by atoms with Crippen LogP contribution in [0.5, 0.6) is 0 Å². The van der Waals surface area contributed by atoms with E-state index in [4.69, 9.17) is 8.83 Å². The van der Waals surface area contributed by atoms with Crippen LogP contribution in [-0.4, -0.2) is 84.1 Å². The first kappa shape index (κ1) is 26.1. The molecule has 2 N–H and O–H groups in total. The molecule has 0 radical (unpaired) electrons. The lowest BCUT2D eigenvalue weighted by molar-refractivity contribution is -0.384. The lowest BCUT2D eigenvalue weighted by Gasteiger charge is -1.89. The molecule has 34 heavy (non-hydrogen) atoms. The highest BCUT2D eigenvalue weighted by molar-refractivity contribution is 7.83. The zero-order chi connectivity index (χ0) is 25.4.